The Balaban J connectivity index is 1.33. The maximum Gasteiger partial charge on any atom is 0.416 e. The number of nitrogens with one attached hydrogen (secondary N) is 4. The number of rotatable bonds is 5. The minimum atomic E-state index is -4.65. The number of halogens is 3. The predicted octanol–water partition coefficient (Wildman–Crippen LogP) is 4.81. The van der Waals surface area contributed by atoms with E-state index in [0.717, 1.165) is 23.8 Å². The normalized spacial score (nSPS) is 15.9. The first kappa shape index (κ1) is 28.7. The summed E-state index contributed by atoms with van der Waals surface area (Å²) in [4.78, 5) is 9.24. The molecule has 5 rings (SSSR count). The highest BCUT2D eigenvalue weighted by Gasteiger charge is 2.31. The average Bonchev–Trinajstić information content (AvgIpc) is 2.96. The Hall–Kier alpha value is -3.85. The molecule has 1 aliphatic heterocycles. The lowest BCUT2D eigenvalue weighted by molar-refractivity contribution is -0.137. The summed E-state index contributed by atoms with van der Waals surface area (Å²) in [7, 11) is -5.51. The van der Waals surface area contributed by atoms with Gasteiger partial charge in [0.25, 0.3) is 0 Å². The number of benzene rings is 3. The van der Waals surface area contributed by atoms with Crippen LogP contribution in [0.25, 0.3) is 11.1 Å². The van der Waals surface area contributed by atoms with Crippen LogP contribution in [0.1, 0.15) is 17.5 Å². The van der Waals surface area contributed by atoms with Gasteiger partial charge in [-0.25, -0.2) is 27.1 Å². The first-order chi connectivity index (χ1) is 19.6. The standard InChI is InChI=1S/C27H25F3N6O3S2/c28-27(29,30)20-4-1-7-23(14-20)41(38,39)34-16-18-8-10-19(11-9-18)24-17-32-26-35-21-5-2-6-22(15-21)40(37)33-13-3-12-31-25(24)36-26/h1-2,4-11,14-15,17,33-34H,3,12-13,16H2,(H2,31,32,35,36). The molecule has 0 saturated heterocycles. The summed E-state index contributed by atoms with van der Waals surface area (Å²) in [5, 5.41) is 6.44. The van der Waals surface area contributed by atoms with E-state index in [1.807, 2.05) is 6.07 Å². The van der Waals surface area contributed by atoms with Gasteiger partial charge in [0.1, 0.15) is 16.8 Å². The first-order valence-corrected chi connectivity index (χ1v) is 15.1. The molecule has 0 aliphatic carbocycles. The summed E-state index contributed by atoms with van der Waals surface area (Å²) in [6.45, 7) is 0.965. The van der Waals surface area contributed by atoms with Crippen LogP contribution >= 0.6 is 0 Å². The molecule has 1 atom stereocenters. The summed E-state index contributed by atoms with van der Waals surface area (Å²) in [5.74, 6) is 0.934. The molecule has 0 saturated carbocycles. The number of fused-ring (bicyclic) bond motifs is 4. The van der Waals surface area contributed by atoms with Crippen molar-refractivity contribution in [2.75, 3.05) is 23.7 Å². The van der Waals surface area contributed by atoms with Gasteiger partial charge in [-0.2, -0.15) is 18.2 Å². The van der Waals surface area contributed by atoms with Crippen molar-refractivity contribution in [1.82, 2.24) is 19.4 Å². The van der Waals surface area contributed by atoms with Gasteiger partial charge in [0.2, 0.25) is 16.0 Å². The summed E-state index contributed by atoms with van der Waals surface area (Å²) in [6, 6.07) is 17.8. The minimum Gasteiger partial charge on any atom is -0.369 e. The van der Waals surface area contributed by atoms with Crippen LogP contribution in [0.2, 0.25) is 0 Å². The average molecular weight is 603 g/mol. The Morgan fingerprint density at radius 3 is 2.54 bits per heavy atom. The van der Waals surface area contributed by atoms with Gasteiger partial charge in [-0.15, -0.1) is 0 Å². The van der Waals surface area contributed by atoms with Crippen LogP contribution in [0, 0.1) is 0 Å². The van der Waals surface area contributed by atoms with E-state index in [1.54, 1.807) is 48.7 Å². The first-order valence-electron chi connectivity index (χ1n) is 12.5. The molecular weight excluding hydrogens is 577 g/mol. The molecule has 41 heavy (non-hydrogen) atoms. The van der Waals surface area contributed by atoms with Crippen LogP contribution in [-0.4, -0.2) is 35.7 Å². The Labute approximate surface area is 237 Å². The molecule has 9 nitrogen and oxygen atoms in total. The molecule has 4 aromatic rings. The summed E-state index contributed by atoms with van der Waals surface area (Å²) < 4.78 is 82.1. The Kier molecular flexibility index (Phi) is 8.35. The quantitative estimate of drug-likeness (QED) is 0.258. The van der Waals surface area contributed by atoms with Crippen molar-refractivity contribution in [3.8, 4) is 11.1 Å². The molecule has 214 valence electrons. The van der Waals surface area contributed by atoms with Gasteiger partial charge in [0, 0.05) is 37.1 Å². The molecule has 1 unspecified atom stereocenters. The minimum absolute atomic E-state index is 0.114. The van der Waals surface area contributed by atoms with Gasteiger partial charge in [0.05, 0.1) is 15.4 Å². The van der Waals surface area contributed by atoms with E-state index < -0.39 is 37.6 Å². The van der Waals surface area contributed by atoms with E-state index in [4.69, 9.17) is 0 Å². The molecule has 0 fully saturated rings. The number of hydrogen-bond acceptors (Lipinski definition) is 7. The van der Waals surface area contributed by atoms with Crippen molar-refractivity contribution in [2.24, 2.45) is 0 Å². The van der Waals surface area contributed by atoms with E-state index in [-0.39, 0.29) is 6.54 Å². The zero-order valence-corrected chi connectivity index (χ0v) is 23.0. The molecule has 0 radical (unpaired) electrons. The van der Waals surface area contributed by atoms with Crippen molar-refractivity contribution in [1.29, 1.82) is 0 Å². The third-order valence-electron chi connectivity index (χ3n) is 6.18. The fraction of sp³-hybridized carbons (Fsp3) is 0.185. The fourth-order valence-corrected chi connectivity index (χ4v) is 6.05. The van der Waals surface area contributed by atoms with Crippen LogP contribution in [0.3, 0.4) is 0 Å². The second kappa shape index (κ2) is 11.9. The Morgan fingerprint density at radius 2 is 1.76 bits per heavy atom. The van der Waals surface area contributed by atoms with Gasteiger partial charge in [-0.1, -0.05) is 36.4 Å². The number of hydrogen-bond donors (Lipinski definition) is 4. The zero-order valence-electron chi connectivity index (χ0n) is 21.4. The Morgan fingerprint density at radius 1 is 0.976 bits per heavy atom. The topological polar surface area (TPSA) is 125 Å². The van der Waals surface area contributed by atoms with E-state index in [1.165, 1.54) is 0 Å². The van der Waals surface area contributed by atoms with Crippen molar-refractivity contribution in [3.63, 3.8) is 0 Å². The van der Waals surface area contributed by atoms with E-state index >= 15 is 0 Å². The number of anilines is 3. The van der Waals surface area contributed by atoms with Crippen molar-refractivity contribution >= 4 is 38.5 Å². The van der Waals surface area contributed by atoms with Crippen molar-refractivity contribution in [3.05, 3.63) is 90.1 Å². The molecular formula is C27H25F3N6O3S2. The lowest BCUT2D eigenvalue weighted by Gasteiger charge is -2.14. The molecule has 3 aromatic carbocycles. The molecule has 2 heterocycles. The number of alkyl halides is 3. The lowest BCUT2D eigenvalue weighted by atomic mass is 10.1. The fourth-order valence-electron chi connectivity index (χ4n) is 4.05. The molecule has 4 bridgehead atoms. The van der Waals surface area contributed by atoms with Gasteiger partial charge in [-0.05, 0) is 53.9 Å². The molecule has 14 heteroatoms. The highest BCUT2D eigenvalue weighted by molar-refractivity contribution is 7.89. The van der Waals surface area contributed by atoms with E-state index in [2.05, 4.69) is 30.0 Å². The molecule has 0 spiro atoms. The summed E-state index contributed by atoms with van der Waals surface area (Å²) in [6.07, 6.45) is -2.30. The highest BCUT2D eigenvalue weighted by atomic mass is 32.2. The predicted molar refractivity (Wildman–Crippen MR) is 150 cm³/mol. The highest BCUT2D eigenvalue weighted by Crippen LogP contribution is 2.31. The monoisotopic (exact) mass is 602 g/mol. The van der Waals surface area contributed by atoms with Crippen LogP contribution in [0.5, 0.6) is 0 Å². The van der Waals surface area contributed by atoms with E-state index in [0.29, 0.717) is 59.1 Å². The summed E-state index contributed by atoms with van der Waals surface area (Å²) in [5.41, 5.74) is 1.74. The third kappa shape index (κ3) is 7.08. The molecule has 1 aliphatic rings. The number of nitrogens with zero attached hydrogens (tertiary/aromatic N) is 2. The lowest BCUT2D eigenvalue weighted by Crippen LogP contribution is -2.23. The second-order valence-corrected chi connectivity index (χ2v) is 12.2. The maximum absolute atomic E-state index is 13.0. The molecule has 0 amide bonds. The largest absolute Gasteiger partial charge is 0.416 e. The van der Waals surface area contributed by atoms with Gasteiger partial charge in [0.15, 0.2) is 0 Å². The summed E-state index contributed by atoms with van der Waals surface area (Å²) >= 11 is 0. The third-order valence-corrected chi connectivity index (χ3v) is 8.72. The van der Waals surface area contributed by atoms with Crippen LogP contribution in [-0.2, 0) is 33.7 Å². The molecule has 1 aromatic heterocycles. The smallest absolute Gasteiger partial charge is 0.369 e. The van der Waals surface area contributed by atoms with E-state index in [9.17, 15) is 25.8 Å². The maximum atomic E-state index is 13.0. The van der Waals surface area contributed by atoms with Crippen LogP contribution in [0.4, 0.5) is 30.6 Å². The SMILES string of the molecule is O=S1NCCCNc2nc(ncc2-c2ccc(CNS(=O)(=O)c3cccc(C(F)(F)F)c3)cc2)Nc2cccc1c2. The van der Waals surface area contributed by atoms with Crippen molar-refractivity contribution < 1.29 is 25.8 Å². The van der Waals surface area contributed by atoms with Gasteiger partial charge >= 0.3 is 6.18 Å². The second-order valence-electron chi connectivity index (χ2n) is 9.10. The van der Waals surface area contributed by atoms with Crippen LogP contribution in [0.15, 0.2) is 88.8 Å². The van der Waals surface area contributed by atoms with Gasteiger partial charge in [-0.3, -0.25) is 0 Å². The number of sulfonamides is 1. The van der Waals surface area contributed by atoms with Crippen LogP contribution < -0.4 is 20.1 Å². The number of aromatic nitrogens is 2. The van der Waals surface area contributed by atoms with Gasteiger partial charge < -0.3 is 10.6 Å². The zero-order chi connectivity index (χ0) is 29.0. The Bertz CT molecular complexity index is 1680. The van der Waals surface area contributed by atoms with Crippen molar-refractivity contribution in [2.45, 2.75) is 28.9 Å². The molecule has 4 N–H and O–H groups in total.